The molecule has 0 saturated heterocycles. The summed E-state index contributed by atoms with van der Waals surface area (Å²) in [6.07, 6.45) is -1.17. The van der Waals surface area contributed by atoms with Crippen LogP contribution in [0, 0.1) is 6.92 Å². The van der Waals surface area contributed by atoms with Crippen LogP contribution in [-0.4, -0.2) is 46.5 Å². The summed E-state index contributed by atoms with van der Waals surface area (Å²) in [6, 6.07) is 3.58. The number of nitrogens with one attached hydrogen (secondary N) is 1. The third kappa shape index (κ3) is 4.25. The molecular weight excluding hydrogens is 334 g/mol. The van der Waals surface area contributed by atoms with E-state index in [1.807, 2.05) is 0 Å². The molecule has 0 unspecified atom stereocenters. The molecule has 2 rings (SSSR count). The Morgan fingerprint density at radius 3 is 2.16 bits per heavy atom. The number of aryl methyl sites for hydroxylation is 1. The summed E-state index contributed by atoms with van der Waals surface area (Å²) in [6.45, 7) is 1.46. The second-order valence-electron chi connectivity index (χ2n) is 4.74. The van der Waals surface area contributed by atoms with Gasteiger partial charge in [0.25, 0.3) is 0 Å². The van der Waals surface area contributed by atoms with Crippen molar-refractivity contribution in [2.75, 3.05) is 19.5 Å². The minimum absolute atomic E-state index is 0.125. The molecule has 10 nitrogen and oxygen atoms in total. The van der Waals surface area contributed by atoms with Gasteiger partial charge in [0.2, 0.25) is 17.7 Å². The molecule has 1 aromatic carbocycles. The van der Waals surface area contributed by atoms with Gasteiger partial charge in [-0.2, -0.15) is 9.97 Å². The zero-order chi connectivity index (χ0) is 18.6. The van der Waals surface area contributed by atoms with Crippen LogP contribution in [0.5, 0.6) is 23.3 Å². The second-order valence-corrected chi connectivity index (χ2v) is 4.74. The molecule has 0 spiro atoms. The smallest absolute Gasteiger partial charge is 0.422 e. The quantitative estimate of drug-likeness (QED) is 0.554. The number of ether oxygens (including phenoxy) is 3. The molecule has 0 aliphatic heterocycles. The lowest BCUT2D eigenvalue weighted by Crippen LogP contribution is -2.20. The van der Waals surface area contributed by atoms with Crippen LogP contribution >= 0.6 is 0 Å². The predicted molar refractivity (Wildman–Crippen MR) is 84.1 cm³/mol. The summed E-state index contributed by atoms with van der Waals surface area (Å²) in [5.41, 5.74) is -0.0216. The Bertz CT molecular complexity index is 778. The fraction of sp³-hybridized carbons (Fsp3) is 0.200. The number of methoxy groups -OCH3 is 2. The van der Waals surface area contributed by atoms with Crippen LogP contribution in [0.4, 0.5) is 10.7 Å². The number of carbonyl (C=O) groups excluding carboxylic acids is 2. The molecule has 0 aliphatic rings. The molecule has 0 saturated carbocycles. The Hall–Kier alpha value is -3.56. The van der Waals surface area contributed by atoms with Crippen molar-refractivity contribution in [3.63, 3.8) is 0 Å². The van der Waals surface area contributed by atoms with Crippen molar-refractivity contribution in [2.45, 2.75) is 6.92 Å². The summed E-state index contributed by atoms with van der Waals surface area (Å²) >= 11 is 0. The predicted octanol–water partition coefficient (Wildman–Crippen LogP) is 1.60. The number of aromatic nitrogens is 2. The van der Waals surface area contributed by atoms with Crippen LogP contribution in [0.25, 0.3) is 0 Å². The fourth-order valence-corrected chi connectivity index (χ4v) is 1.94. The van der Waals surface area contributed by atoms with Crippen molar-refractivity contribution >= 4 is 18.0 Å². The monoisotopic (exact) mass is 349 g/mol. The zero-order valence-corrected chi connectivity index (χ0v) is 13.6. The van der Waals surface area contributed by atoms with Crippen molar-refractivity contribution < 1.29 is 34.0 Å². The fourth-order valence-electron chi connectivity index (χ4n) is 1.94. The Kier molecular flexibility index (Phi) is 5.22. The van der Waals surface area contributed by atoms with E-state index in [2.05, 4.69) is 20.0 Å². The lowest BCUT2D eigenvalue weighted by Gasteiger charge is -2.09. The van der Waals surface area contributed by atoms with E-state index < -0.39 is 17.8 Å². The summed E-state index contributed by atoms with van der Waals surface area (Å²) < 4.78 is 14.4. The summed E-state index contributed by atoms with van der Waals surface area (Å²) in [4.78, 5) is 31.6. The van der Waals surface area contributed by atoms with Gasteiger partial charge in [-0.3, -0.25) is 5.32 Å². The van der Waals surface area contributed by atoms with Crippen LogP contribution in [0.3, 0.4) is 0 Å². The van der Waals surface area contributed by atoms with E-state index in [1.54, 1.807) is 0 Å². The van der Waals surface area contributed by atoms with Crippen LogP contribution in [0.2, 0.25) is 0 Å². The number of anilines is 1. The van der Waals surface area contributed by atoms with E-state index in [1.165, 1.54) is 33.3 Å². The van der Waals surface area contributed by atoms with Gasteiger partial charge in [-0.15, -0.1) is 0 Å². The molecule has 0 radical (unpaired) electrons. The number of benzene rings is 1. The maximum Gasteiger partial charge on any atom is 0.422 e. The van der Waals surface area contributed by atoms with Crippen LogP contribution < -0.4 is 14.8 Å². The van der Waals surface area contributed by atoms with Gasteiger partial charge < -0.3 is 24.4 Å². The molecule has 1 heterocycles. The van der Waals surface area contributed by atoms with Gasteiger partial charge in [-0.1, -0.05) is 0 Å². The normalized spacial score (nSPS) is 10.0. The third-order valence-electron chi connectivity index (χ3n) is 3.00. The van der Waals surface area contributed by atoms with Gasteiger partial charge in [0.05, 0.1) is 20.3 Å². The summed E-state index contributed by atoms with van der Waals surface area (Å²) in [5, 5.41) is 21.2. The number of carbonyl (C=O) groups is 2. The molecule has 10 heteroatoms. The zero-order valence-electron chi connectivity index (χ0n) is 13.6. The number of rotatable bonds is 4. The molecule has 3 N–H and O–H groups in total. The van der Waals surface area contributed by atoms with Gasteiger partial charge in [-0.05, 0) is 18.6 Å². The summed E-state index contributed by atoms with van der Waals surface area (Å²) in [7, 11) is 2.73. The van der Waals surface area contributed by atoms with E-state index in [4.69, 9.17) is 9.47 Å². The number of phenolic OH excluding ortho intramolecular Hbond substituents is 2. The molecule has 1 aromatic heterocycles. The minimum Gasteiger partial charge on any atom is -0.508 e. The Labute approximate surface area is 142 Å². The van der Waals surface area contributed by atoms with Gasteiger partial charge in [0.15, 0.2) is 0 Å². The van der Waals surface area contributed by atoms with Crippen molar-refractivity contribution in [3.05, 3.63) is 29.3 Å². The molecule has 0 atom stereocenters. The standard InChI is InChI=1S/C15H15N3O7/c1-7-4-8(19)5-9(20)12(7)13(21)25-15(22)18-14-16-10(23-2)6-11(17-14)24-3/h4-6,19-20H,1-3H3,(H,16,17,18,22). The highest BCUT2D eigenvalue weighted by Gasteiger charge is 2.21. The number of esters is 1. The van der Waals surface area contributed by atoms with Gasteiger partial charge in [-0.25, -0.2) is 9.59 Å². The highest BCUT2D eigenvalue weighted by Crippen LogP contribution is 2.27. The number of hydrogen-bond acceptors (Lipinski definition) is 9. The highest BCUT2D eigenvalue weighted by atomic mass is 16.6. The van der Waals surface area contributed by atoms with E-state index in [0.717, 1.165) is 6.07 Å². The molecular formula is C15H15N3O7. The first-order chi connectivity index (χ1) is 11.8. The topological polar surface area (TPSA) is 140 Å². The average molecular weight is 349 g/mol. The van der Waals surface area contributed by atoms with Gasteiger partial charge in [0.1, 0.15) is 17.1 Å². The van der Waals surface area contributed by atoms with Gasteiger partial charge in [0, 0.05) is 6.07 Å². The first kappa shape index (κ1) is 17.8. The Balaban J connectivity index is 2.14. The van der Waals surface area contributed by atoms with E-state index in [0.29, 0.717) is 0 Å². The summed E-state index contributed by atoms with van der Waals surface area (Å²) in [5.74, 6) is -1.81. The lowest BCUT2D eigenvalue weighted by atomic mass is 10.1. The Morgan fingerprint density at radius 1 is 1.04 bits per heavy atom. The van der Waals surface area contributed by atoms with Crippen LogP contribution in [0.1, 0.15) is 15.9 Å². The third-order valence-corrected chi connectivity index (χ3v) is 3.00. The minimum atomic E-state index is -1.17. The second kappa shape index (κ2) is 7.34. The molecule has 1 amide bonds. The number of amides is 1. The number of nitrogens with zero attached hydrogens (tertiary/aromatic N) is 2. The van der Waals surface area contributed by atoms with Crippen LogP contribution in [0.15, 0.2) is 18.2 Å². The number of hydrogen-bond donors (Lipinski definition) is 3. The average Bonchev–Trinajstić information content (AvgIpc) is 2.53. The molecule has 0 aliphatic carbocycles. The van der Waals surface area contributed by atoms with Crippen LogP contribution in [-0.2, 0) is 4.74 Å². The molecule has 0 fully saturated rings. The lowest BCUT2D eigenvalue weighted by molar-refractivity contribution is 0.0641. The molecule has 25 heavy (non-hydrogen) atoms. The first-order valence-electron chi connectivity index (χ1n) is 6.86. The van der Waals surface area contributed by atoms with Crippen molar-refractivity contribution in [2.24, 2.45) is 0 Å². The maximum absolute atomic E-state index is 12.0. The SMILES string of the molecule is COc1cc(OC)nc(NC(=O)OC(=O)c2c(C)cc(O)cc2O)n1. The van der Waals surface area contributed by atoms with E-state index in [-0.39, 0.29) is 34.6 Å². The molecule has 2 aromatic rings. The van der Waals surface area contributed by atoms with E-state index >= 15 is 0 Å². The Morgan fingerprint density at radius 2 is 1.64 bits per heavy atom. The highest BCUT2D eigenvalue weighted by molar-refractivity contribution is 6.02. The molecule has 0 bridgehead atoms. The largest absolute Gasteiger partial charge is 0.508 e. The maximum atomic E-state index is 12.0. The van der Waals surface area contributed by atoms with Crippen molar-refractivity contribution in [1.82, 2.24) is 9.97 Å². The van der Waals surface area contributed by atoms with Gasteiger partial charge >= 0.3 is 12.1 Å². The number of phenols is 2. The van der Waals surface area contributed by atoms with Crippen molar-refractivity contribution in [3.8, 4) is 23.3 Å². The number of aromatic hydroxyl groups is 2. The first-order valence-corrected chi connectivity index (χ1v) is 6.86. The van der Waals surface area contributed by atoms with Crippen molar-refractivity contribution in [1.29, 1.82) is 0 Å². The van der Waals surface area contributed by atoms with E-state index in [9.17, 15) is 19.8 Å². The molecule has 132 valence electrons.